The average Bonchev–Trinajstić information content (AvgIpc) is 3.47. The number of aliphatic hydroxyl groups excluding tert-OH is 11. The molecule has 456 valence electrons. The van der Waals surface area contributed by atoms with E-state index in [1.54, 1.807) is 6.08 Å². The molecule has 12 N–H and O–H groups in total. The zero-order valence-corrected chi connectivity index (χ0v) is 47.3. The van der Waals surface area contributed by atoms with Gasteiger partial charge >= 0.3 is 0 Å². The minimum absolute atomic E-state index is 0.235. The van der Waals surface area contributed by atoms with Crippen LogP contribution in [-0.2, 0) is 33.2 Å². The van der Waals surface area contributed by atoms with Gasteiger partial charge in [-0.05, 0) is 64.2 Å². The molecule has 19 nitrogen and oxygen atoms in total. The maximum Gasteiger partial charge on any atom is 0.220 e. The van der Waals surface area contributed by atoms with Gasteiger partial charge in [0.15, 0.2) is 18.9 Å². The highest BCUT2D eigenvalue weighted by Crippen LogP contribution is 2.33. The normalized spacial score (nSPS) is 30.8. The molecular weight excluding hydrogens is 1020 g/mol. The molecule has 17 atom stereocenters. The van der Waals surface area contributed by atoms with Gasteiger partial charge in [0.2, 0.25) is 5.91 Å². The van der Waals surface area contributed by atoms with Crippen molar-refractivity contribution >= 4 is 5.91 Å². The lowest BCUT2D eigenvalue weighted by Gasteiger charge is -2.48. The predicted octanol–water partition coefficient (Wildman–Crippen LogP) is 5.04. The molecule has 0 aromatic heterocycles. The van der Waals surface area contributed by atoms with E-state index in [-0.39, 0.29) is 18.9 Å². The van der Waals surface area contributed by atoms with E-state index in [9.17, 15) is 61.0 Å². The molecule has 3 fully saturated rings. The van der Waals surface area contributed by atoms with Crippen LogP contribution in [0.15, 0.2) is 72.9 Å². The minimum Gasteiger partial charge on any atom is -0.394 e. The summed E-state index contributed by atoms with van der Waals surface area (Å²) < 4.78 is 34.1. The molecule has 0 spiro atoms. The smallest absolute Gasteiger partial charge is 0.220 e. The molecule has 3 aliphatic rings. The maximum atomic E-state index is 13.3. The van der Waals surface area contributed by atoms with Crippen LogP contribution in [0.3, 0.4) is 0 Å². The molecule has 0 aromatic rings. The zero-order chi connectivity index (χ0) is 57.6. The summed E-state index contributed by atoms with van der Waals surface area (Å²) in [6.45, 7) is 1.51. The molecule has 79 heavy (non-hydrogen) atoms. The molecular formula is C60H103NO18. The third-order valence-electron chi connectivity index (χ3n) is 14.5. The Balaban J connectivity index is 1.39. The Hall–Kier alpha value is -2.77. The van der Waals surface area contributed by atoms with E-state index < -0.39 is 124 Å². The molecule has 0 aliphatic carbocycles. The molecule has 3 saturated heterocycles. The number of unbranched alkanes of at least 4 members (excludes halogenated alkanes) is 16. The molecule has 17 unspecified atom stereocenters. The van der Waals surface area contributed by atoms with Gasteiger partial charge in [-0.2, -0.15) is 0 Å². The van der Waals surface area contributed by atoms with Crippen LogP contribution >= 0.6 is 0 Å². The van der Waals surface area contributed by atoms with E-state index in [2.05, 4.69) is 79.9 Å². The van der Waals surface area contributed by atoms with Crippen LogP contribution in [0.25, 0.3) is 0 Å². The van der Waals surface area contributed by atoms with Crippen molar-refractivity contribution in [1.82, 2.24) is 5.32 Å². The summed E-state index contributed by atoms with van der Waals surface area (Å²) in [4.78, 5) is 13.3. The average molecular weight is 1130 g/mol. The molecule has 19 heteroatoms. The second kappa shape index (κ2) is 43.0. The zero-order valence-electron chi connectivity index (χ0n) is 47.3. The van der Waals surface area contributed by atoms with Crippen molar-refractivity contribution in [3.8, 4) is 0 Å². The summed E-state index contributed by atoms with van der Waals surface area (Å²) in [5, 5.41) is 120. The summed E-state index contributed by atoms with van der Waals surface area (Å²) in [7, 11) is 0. The van der Waals surface area contributed by atoms with Crippen molar-refractivity contribution < 1.29 is 89.4 Å². The van der Waals surface area contributed by atoms with Gasteiger partial charge in [-0.25, -0.2) is 0 Å². The number of amides is 1. The standard InChI is InChI=1S/C60H103NO18/c1-3-5-7-9-11-12-13-14-15-16-17-18-19-20-21-22-23-24-25-26-27-28-29-30-32-34-36-38-48(66)61-43(44(65)37-35-33-31-10-8-6-4-2)42-74-58-54(72)51(69)56(46(40-63)76-58)79-60-55(73)52(70)57(47(41-64)77-60)78-59-53(71)50(68)49(67)45(39-62)75-59/h5,7,11-12,14-15,17-18,20-21,35,37,43-47,49-60,62-65,67-73H,3-4,6,8-10,13,16,19,22-34,36,38-42H2,1-2H3,(H,61,66)/b7-5-,12-11-,15-14-,18-17-,21-20-,37-35+. The molecule has 3 aliphatic heterocycles. The van der Waals surface area contributed by atoms with E-state index in [0.29, 0.717) is 6.42 Å². The summed E-state index contributed by atoms with van der Waals surface area (Å²) in [6.07, 6.45) is 23.6. The topological polar surface area (TPSA) is 307 Å². The number of rotatable bonds is 42. The maximum absolute atomic E-state index is 13.3. The number of allylic oxidation sites excluding steroid dienone is 11. The van der Waals surface area contributed by atoms with E-state index in [1.165, 1.54) is 38.5 Å². The van der Waals surface area contributed by atoms with Crippen LogP contribution in [0, 0.1) is 0 Å². The fraction of sp³-hybridized carbons (Fsp3) is 0.783. The molecule has 0 bridgehead atoms. The first kappa shape index (κ1) is 70.5. The van der Waals surface area contributed by atoms with Gasteiger partial charge in [-0.15, -0.1) is 0 Å². The minimum atomic E-state index is -1.98. The molecule has 1 amide bonds. The Morgan fingerprint density at radius 3 is 1.37 bits per heavy atom. The summed E-state index contributed by atoms with van der Waals surface area (Å²) >= 11 is 0. The number of nitrogens with one attached hydrogen (secondary N) is 1. The highest BCUT2D eigenvalue weighted by Gasteiger charge is 2.53. The first-order chi connectivity index (χ1) is 38.3. The van der Waals surface area contributed by atoms with Gasteiger partial charge < -0.3 is 89.9 Å². The Morgan fingerprint density at radius 2 is 0.873 bits per heavy atom. The van der Waals surface area contributed by atoms with Gasteiger partial charge in [0.25, 0.3) is 0 Å². The monoisotopic (exact) mass is 1130 g/mol. The van der Waals surface area contributed by atoms with Crippen molar-refractivity contribution in [3.63, 3.8) is 0 Å². The summed E-state index contributed by atoms with van der Waals surface area (Å²) in [6, 6.07) is -0.975. The Bertz CT molecular complexity index is 1730. The Kier molecular flexibility index (Phi) is 38.3. The SMILES string of the molecule is CC/C=C\C/C=C\C/C=C\C/C=C\C/C=C\CCCCCCCCCCCCCC(=O)NC(COC1OC(CO)C(OC2OC(CO)C(OC3OC(CO)C(O)C(O)C3O)C(O)C2O)C(O)C1O)C(O)/C=C/CCCCCCC. The van der Waals surface area contributed by atoms with Crippen LogP contribution in [0.5, 0.6) is 0 Å². The lowest BCUT2D eigenvalue weighted by atomic mass is 9.96. The number of aliphatic hydroxyl groups is 11. The molecule has 0 saturated carbocycles. The predicted molar refractivity (Wildman–Crippen MR) is 300 cm³/mol. The van der Waals surface area contributed by atoms with Crippen LogP contribution < -0.4 is 5.32 Å². The number of carbonyl (C=O) groups is 1. The highest BCUT2D eigenvalue weighted by atomic mass is 16.8. The van der Waals surface area contributed by atoms with Crippen molar-refractivity contribution in [1.29, 1.82) is 0 Å². The molecule has 3 rings (SSSR count). The quantitative estimate of drug-likeness (QED) is 0.0282. The lowest BCUT2D eigenvalue weighted by Crippen LogP contribution is -2.66. The van der Waals surface area contributed by atoms with Crippen molar-refractivity contribution in [2.24, 2.45) is 0 Å². The Morgan fingerprint density at radius 1 is 0.468 bits per heavy atom. The second-order valence-corrected chi connectivity index (χ2v) is 21.1. The second-order valence-electron chi connectivity index (χ2n) is 21.1. The van der Waals surface area contributed by atoms with E-state index in [0.717, 1.165) is 103 Å². The Labute approximate surface area is 470 Å². The molecule has 3 heterocycles. The largest absolute Gasteiger partial charge is 0.394 e. The first-order valence-corrected chi connectivity index (χ1v) is 29.7. The van der Waals surface area contributed by atoms with Gasteiger partial charge in [0.05, 0.1) is 38.6 Å². The number of hydrogen-bond donors (Lipinski definition) is 12. The van der Waals surface area contributed by atoms with E-state index in [4.69, 9.17) is 28.4 Å². The first-order valence-electron chi connectivity index (χ1n) is 29.7. The van der Waals surface area contributed by atoms with Crippen molar-refractivity contribution in [2.75, 3.05) is 26.4 Å². The number of hydrogen-bond acceptors (Lipinski definition) is 18. The van der Waals surface area contributed by atoms with Crippen LogP contribution in [0.2, 0.25) is 0 Å². The van der Waals surface area contributed by atoms with Gasteiger partial charge in [0, 0.05) is 6.42 Å². The molecule has 0 aromatic carbocycles. The summed E-state index contributed by atoms with van der Waals surface area (Å²) in [5.74, 6) is -0.288. The van der Waals surface area contributed by atoms with E-state index >= 15 is 0 Å². The van der Waals surface area contributed by atoms with Crippen LogP contribution in [0.1, 0.15) is 168 Å². The lowest BCUT2D eigenvalue weighted by molar-refractivity contribution is -0.379. The number of carbonyl (C=O) groups excluding carboxylic acids is 1. The van der Waals surface area contributed by atoms with E-state index in [1.807, 2.05) is 6.08 Å². The molecule has 0 radical (unpaired) electrons. The van der Waals surface area contributed by atoms with Crippen LogP contribution in [-0.4, -0.2) is 193 Å². The van der Waals surface area contributed by atoms with Gasteiger partial charge in [0.1, 0.15) is 73.2 Å². The number of ether oxygens (including phenoxy) is 6. The summed E-state index contributed by atoms with van der Waals surface area (Å²) in [5.41, 5.74) is 0. The third kappa shape index (κ3) is 27.0. The van der Waals surface area contributed by atoms with Gasteiger partial charge in [-0.1, -0.05) is 170 Å². The van der Waals surface area contributed by atoms with Crippen molar-refractivity contribution in [2.45, 2.75) is 272 Å². The fourth-order valence-electron chi connectivity index (χ4n) is 9.63. The van der Waals surface area contributed by atoms with Crippen molar-refractivity contribution in [3.05, 3.63) is 72.9 Å². The third-order valence-corrected chi connectivity index (χ3v) is 14.5. The fourth-order valence-corrected chi connectivity index (χ4v) is 9.63. The highest BCUT2D eigenvalue weighted by molar-refractivity contribution is 5.76. The van der Waals surface area contributed by atoms with Crippen LogP contribution in [0.4, 0.5) is 0 Å². The van der Waals surface area contributed by atoms with Gasteiger partial charge in [-0.3, -0.25) is 4.79 Å².